The molecule has 0 spiro atoms. The lowest BCUT2D eigenvalue weighted by molar-refractivity contribution is -0.385. The van der Waals surface area contributed by atoms with Crippen molar-refractivity contribution in [3.63, 3.8) is 0 Å². The molecule has 1 N–H and O–H groups in total. The van der Waals surface area contributed by atoms with Crippen LogP contribution in [-0.2, 0) is 10.0 Å². The van der Waals surface area contributed by atoms with Crippen LogP contribution in [0.5, 0.6) is 5.75 Å². The lowest BCUT2D eigenvalue weighted by atomic mass is 10.1. The van der Waals surface area contributed by atoms with Gasteiger partial charge in [0.15, 0.2) is 0 Å². The number of hydrogen-bond acceptors (Lipinski definition) is 5. The Balaban J connectivity index is 2.50. The Labute approximate surface area is 134 Å². The zero-order valence-electron chi connectivity index (χ0n) is 12.9. The number of rotatable bonds is 5. The first kappa shape index (κ1) is 16.8. The van der Waals surface area contributed by atoms with E-state index in [0.717, 1.165) is 17.2 Å². The third-order valence-corrected chi connectivity index (χ3v) is 4.52. The van der Waals surface area contributed by atoms with Gasteiger partial charge in [-0.05, 0) is 43.2 Å². The van der Waals surface area contributed by atoms with Gasteiger partial charge in [0.05, 0.1) is 12.0 Å². The molecule has 2 rings (SSSR count). The molecule has 0 saturated carbocycles. The highest BCUT2D eigenvalue weighted by molar-refractivity contribution is 7.92. The molecular weight excluding hydrogens is 320 g/mol. The molecule has 7 nitrogen and oxygen atoms in total. The van der Waals surface area contributed by atoms with E-state index in [9.17, 15) is 18.5 Å². The number of nitrogens with zero attached hydrogens (tertiary/aromatic N) is 1. The van der Waals surface area contributed by atoms with E-state index >= 15 is 0 Å². The van der Waals surface area contributed by atoms with Crippen molar-refractivity contribution < 1.29 is 18.1 Å². The van der Waals surface area contributed by atoms with Gasteiger partial charge in [-0.2, -0.15) is 0 Å². The lowest BCUT2D eigenvalue weighted by Crippen LogP contribution is -2.14. The Bertz CT molecular complexity index is 842. The minimum Gasteiger partial charge on any atom is -0.495 e. The first-order chi connectivity index (χ1) is 10.7. The summed E-state index contributed by atoms with van der Waals surface area (Å²) >= 11 is 0. The fourth-order valence-electron chi connectivity index (χ4n) is 2.23. The highest BCUT2D eigenvalue weighted by Crippen LogP contribution is 2.30. The number of aryl methyl sites for hydroxylation is 2. The number of nitrogens with one attached hydrogen (secondary N) is 1. The average Bonchev–Trinajstić information content (AvgIpc) is 2.44. The molecule has 0 radical (unpaired) electrons. The molecule has 0 bridgehead atoms. The van der Waals surface area contributed by atoms with E-state index in [1.807, 2.05) is 19.9 Å². The van der Waals surface area contributed by atoms with Crippen molar-refractivity contribution in [1.29, 1.82) is 0 Å². The molecule has 0 aliphatic carbocycles. The van der Waals surface area contributed by atoms with Crippen LogP contribution < -0.4 is 9.46 Å². The van der Waals surface area contributed by atoms with E-state index in [-0.39, 0.29) is 16.3 Å². The van der Waals surface area contributed by atoms with E-state index in [4.69, 9.17) is 4.74 Å². The second-order valence-corrected chi connectivity index (χ2v) is 6.72. The topological polar surface area (TPSA) is 98.5 Å². The highest BCUT2D eigenvalue weighted by Gasteiger charge is 2.23. The number of methoxy groups -OCH3 is 1. The summed E-state index contributed by atoms with van der Waals surface area (Å²) in [5, 5.41) is 10.9. The van der Waals surface area contributed by atoms with Gasteiger partial charge in [-0.3, -0.25) is 14.8 Å². The zero-order chi connectivity index (χ0) is 17.2. The molecule has 0 aliphatic rings. The predicted molar refractivity (Wildman–Crippen MR) is 86.4 cm³/mol. The van der Waals surface area contributed by atoms with E-state index < -0.39 is 14.9 Å². The van der Waals surface area contributed by atoms with Crippen molar-refractivity contribution in [2.75, 3.05) is 11.8 Å². The zero-order valence-corrected chi connectivity index (χ0v) is 13.7. The molecule has 2 aromatic rings. The molecular formula is C15H16N2O5S. The van der Waals surface area contributed by atoms with Crippen molar-refractivity contribution in [3.8, 4) is 5.75 Å². The minimum atomic E-state index is -4.03. The Morgan fingerprint density at radius 1 is 1.09 bits per heavy atom. The number of nitro groups is 1. The first-order valence-electron chi connectivity index (χ1n) is 6.66. The van der Waals surface area contributed by atoms with Gasteiger partial charge in [0, 0.05) is 17.8 Å². The number of ether oxygens (including phenoxy) is 1. The summed E-state index contributed by atoms with van der Waals surface area (Å²) in [6, 6.07) is 8.68. The third-order valence-electron chi connectivity index (χ3n) is 3.12. The second kappa shape index (κ2) is 6.25. The molecule has 0 heterocycles. The minimum absolute atomic E-state index is 0.0347. The maximum Gasteiger partial charge on any atom is 0.271 e. The van der Waals surface area contributed by atoms with Gasteiger partial charge in [0.2, 0.25) is 0 Å². The lowest BCUT2D eigenvalue weighted by Gasteiger charge is -2.12. The van der Waals surface area contributed by atoms with Crippen molar-refractivity contribution in [2.45, 2.75) is 18.7 Å². The average molecular weight is 336 g/mol. The maximum absolute atomic E-state index is 12.6. The third kappa shape index (κ3) is 3.78. The van der Waals surface area contributed by atoms with Gasteiger partial charge < -0.3 is 4.74 Å². The Kier molecular flexibility index (Phi) is 4.55. The fourth-order valence-corrected chi connectivity index (χ4v) is 3.46. The number of non-ortho nitro benzene ring substituents is 1. The van der Waals surface area contributed by atoms with Crippen LogP contribution in [0.25, 0.3) is 0 Å². The van der Waals surface area contributed by atoms with Crippen LogP contribution in [0.15, 0.2) is 41.3 Å². The van der Waals surface area contributed by atoms with Gasteiger partial charge in [-0.25, -0.2) is 8.42 Å². The molecule has 0 aliphatic heterocycles. The predicted octanol–water partition coefficient (Wildman–Crippen LogP) is 3.02. The molecule has 0 aromatic heterocycles. The summed E-state index contributed by atoms with van der Waals surface area (Å²) in [6.07, 6.45) is 0. The fraction of sp³-hybridized carbons (Fsp3) is 0.200. The summed E-state index contributed by atoms with van der Waals surface area (Å²) in [4.78, 5) is 9.94. The number of sulfonamides is 1. The number of anilines is 1. The van der Waals surface area contributed by atoms with Crippen molar-refractivity contribution in [2.24, 2.45) is 0 Å². The van der Waals surface area contributed by atoms with Crippen molar-refractivity contribution in [3.05, 3.63) is 57.6 Å². The molecule has 122 valence electrons. The normalized spacial score (nSPS) is 11.1. The highest BCUT2D eigenvalue weighted by atomic mass is 32.2. The standard InChI is InChI=1S/C15H16N2O5S/c1-10-6-11(2)8-12(7-10)16-23(20,21)15-9-13(17(18)19)4-5-14(15)22-3/h4-9,16H,1-3H3. The maximum atomic E-state index is 12.6. The Morgan fingerprint density at radius 2 is 1.70 bits per heavy atom. The summed E-state index contributed by atoms with van der Waals surface area (Å²) < 4.78 is 32.6. The summed E-state index contributed by atoms with van der Waals surface area (Å²) in [6.45, 7) is 3.69. The van der Waals surface area contributed by atoms with E-state index in [1.54, 1.807) is 12.1 Å². The SMILES string of the molecule is COc1ccc([N+](=O)[O-])cc1S(=O)(=O)Nc1cc(C)cc(C)c1. The van der Waals surface area contributed by atoms with E-state index in [1.165, 1.54) is 19.2 Å². The van der Waals surface area contributed by atoms with E-state index in [2.05, 4.69) is 4.72 Å². The summed E-state index contributed by atoms with van der Waals surface area (Å²) in [7, 11) is -2.72. The Morgan fingerprint density at radius 3 is 2.22 bits per heavy atom. The van der Waals surface area contributed by atoms with Gasteiger partial charge in [-0.15, -0.1) is 0 Å². The summed E-state index contributed by atoms with van der Waals surface area (Å²) in [5.41, 5.74) is 1.85. The van der Waals surface area contributed by atoms with Gasteiger partial charge in [0.1, 0.15) is 10.6 Å². The van der Waals surface area contributed by atoms with Crippen LogP contribution in [0.3, 0.4) is 0 Å². The number of nitro benzene ring substituents is 1. The van der Waals surface area contributed by atoms with Crippen molar-refractivity contribution >= 4 is 21.4 Å². The van der Waals surface area contributed by atoms with Crippen LogP contribution in [-0.4, -0.2) is 20.5 Å². The molecule has 0 saturated heterocycles. The molecule has 2 aromatic carbocycles. The van der Waals surface area contributed by atoms with Crippen LogP contribution in [0.2, 0.25) is 0 Å². The molecule has 0 amide bonds. The number of hydrogen-bond donors (Lipinski definition) is 1. The van der Waals surface area contributed by atoms with Crippen LogP contribution in [0, 0.1) is 24.0 Å². The summed E-state index contributed by atoms with van der Waals surface area (Å²) in [5.74, 6) is 0.0347. The number of benzene rings is 2. The molecule has 0 atom stereocenters. The van der Waals surface area contributed by atoms with Gasteiger partial charge >= 0.3 is 0 Å². The smallest absolute Gasteiger partial charge is 0.271 e. The second-order valence-electron chi connectivity index (χ2n) is 5.07. The van der Waals surface area contributed by atoms with Crippen LogP contribution >= 0.6 is 0 Å². The molecule has 8 heteroatoms. The van der Waals surface area contributed by atoms with E-state index in [0.29, 0.717) is 5.69 Å². The molecule has 0 unspecified atom stereocenters. The monoisotopic (exact) mass is 336 g/mol. The van der Waals surface area contributed by atoms with Crippen LogP contribution in [0.1, 0.15) is 11.1 Å². The molecule has 23 heavy (non-hydrogen) atoms. The first-order valence-corrected chi connectivity index (χ1v) is 8.15. The largest absolute Gasteiger partial charge is 0.495 e. The molecule has 0 fully saturated rings. The van der Waals surface area contributed by atoms with Gasteiger partial charge in [0.25, 0.3) is 15.7 Å². The Hall–Kier alpha value is -2.61. The van der Waals surface area contributed by atoms with Crippen LogP contribution in [0.4, 0.5) is 11.4 Å². The van der Waals surface area contributed by atoms with Gasteiger partial charge in [-0.1, -0.05) is 6.07 Å². The quantitative estimate of drug-likeness (QED) is 0.668. The van der Waals surface area contributed by atoms with Crippen molar-refractivity contribution in [1.82, 2.24) is 0 Å².